The first-order valence-corrected chi connectivity index (χ1v) is 8.71. The van der Waals surface area contributed by atoms with Gasteiger partial charge in [0.15, 0.2) is 4.21 Å². The van der Waals surface area contributed by atoms with Gasteiger partial charge in [-0.25, -0.2) is 13.1 Å². The molecule has 0 spiro atoms. The highest BCUT2D eigenvalue weighted by Gasteiger charge is 2.23. The standard InChI is InChI=1S/C9H14N2O3S3/c1-6-8(16-9(12)11-6)17(13,14)10-4-7-2-3-15-5-7/h7,10H,2-5H2,1H3,(H,11,12). The molecule has 1 fully saturated rings. The Hall–Kier alpha value is -0.310. The molecule has 0 aromatic carbocycles. The quantitative estimate of drug-likeness (QED) is 0.860. The normalized spacial score (nSPS) is 20.9. The zero-order chi connectivity index (χ0) is 12.5. The van der Waals surface area contributed by atoms with Gasteiger partial charge in [0.1, 0.15) is 0 Å². The number of hydrogen-bond acceptors (Lipinski definition) is 5. The number of aromatic nitrogens is 1. The highest BCUT2D eigenvalue weighted by Crippen LogP contribution is 2.23. The van der Waals surface area contributed by atoms with Crippen molar-refractivity contribution in [1.82, 2.24) is 9.71 Å². The van der Waals surface area contributed by atoms with Crippen LogP contribution >= 0.6 is 23.1 Å². The molecule has 5 nitrogen and oxygen atoms in total. The number of H-pyrrole nitrogens is 1. The van der Waals surface area contributed by atoms with Gasteiger partial charge >= 0.3 is 4.87 Å². The highest BCUT2D eigenvalue weighted by atomic mass is 32.2. The Labute approximate surface area is 108 Å². The van der Waals surface area contributed by atoms with Gasteiger partial charge in [-0.1, -0.05) is 11.3 Å². The van der Waals surface area contributed by atoms with Crippen LogP contribution in [0.2, 0.25) is 0 Å². The minimum atomic E-state index is -3.53. The molecule has 2 rings (SSSR count). The van der Waals surface area contributed by atoms with Crippen molar-refractivity contribution in [3.05, 3.63) is 15.4 Å². The third kappa shape index (κ3) is 3.12. The third-order valence-electron chi connectivity index (χ3n) is 2.61. The van der Waals surface area contributed by atoms with Crippen molar-refractivity contribution in [1.29, 1.82) is 0 Å². The summed E-state index contributed by atoms with van der Waals surface area (Å²) in [6, 6.07) is 0. The van der Waals surface area contributed by atoms with Gasteiger partial charge in [0.25, 0.3) is 10.0 Å². The van der Waals surface area contributed by atoms with Gasteiger partial charge in [0.05, 0.1) is 0 Å². The van der Waals surface area contributed by atoms with E-state index in [2.05, 4.69) is 9.71 Å². The Morgan fingerprint density at radius 1 is 1.53 bits per heavy atom. The van der Waals surface area contributed by atoms with E-state index in [9.17, 15) is 13.2 Å². The van der Waals surface area contributed by atoms with Crippen LogP contribution < -0.4 is 9.60 Å². The third-order valence-corrected chi connectivity index (χ3v) is 6.87. The lowest BCUT2D eigenvalue weighted by Gasteiger charge is -2.09. The number of aromatic amines is 1. The van der Waals surface area contributed by atoms with Crippen molar-refractivity contribution in [2.24, 2.45) is 5.92 Å². The van der Waals surface area contributed by atoms with Crippen molar-refractivity contribution in [3.8, 4) is 0 Å². The minimum absolute atomic E-state index is 0.105. The number of rotatable bonds is 4. The molecule has 1 aromatic rings. The molecule has 96 valence electrons. The Balaban J connectivity index is 2.08. The van der Waals surface area contributed by atoms with Crippen molar-refractivity contribution in [3.63, 3.8) is 0 Å². The van der Waals surface area contributed by atoms with Crippen LogP contribution in [0, 0.1) is 12.8 Å². The summed E-state index contributed by atoms with van der Waals surface area (Å²) in [4.78, 5) is 13.2. The van der Waals surface area contributed by atoms with Crippen LogP contribution in [0.3, 0.4) is 0 Å². The summed E-state index contributed by atoms with van der Waals surface area (Å²) >= 11 is 2.58. The van der Waals surface area contributed by atoms with Crippen LogP contribution in [0.1, 0.15) is 12.1 Å². The molecular formula is C9H14N2O3S3. The first kappa shape index (κ1) is 13.1. The molecule has 0 saturated carbocycles. The zero-order valence-corrected chi connectivity index (χ0v) is 11.8. The molecule has 1 unspecified atom stereocenters. The molecule has 0 radical (unpaired) electrons. The molecule has 0 bridgehead atoms. The maximum Gasteiger partial charge on any atom is 0.305 e. The van der Waals surface area contributed by atoms with Crippen LogP contribution in [0.25, 0.3) is 0 Å². The van der Waals surface area contributed by atoms with E-state index in [1.54, 1.807) is 6.92 Å². The van der Waals surface area contributed by atoms with Crippen LogP contribution in [0.4, 0.5) is 0 Å². The predicted octanol–water partition coefficient (Wildman–Crippen LogP) is 0.776. The van der Waals surface area contributed by atoms with Crippen LogP contribution in [0.15, 0.2) is 9.00 Å². The van der Waals surface area contributed by atoms with Crippen molar-refractivity contribution in [2.75, 3.05) is 18.1 Å². The van der Waals surface area contributed by atoms with E-state index in [1.807, 2.05) is 11.8 Å². The maximum absolute atomic E-state index is 12.0. The molecule has 1 aromatic heterocycles. The van der Waals surface area contributed by atoms with Gasteiger partial charge in [-0.2, -0.15) is 11.8 Å². The molecule has 0 amide bonds. The van der Waals surface area contributed by atoms with E-state index in [4.69, 9.17) is 0 Å². The molecule has 1 aliphatic heterocycles. The van der Waals surface area contributed by atoms with Crippen molar-refractivity contribution in [2.45, 2.75) is 17.6 Å². The number of nitrogens with one attached hydrogen (secondary N) is 2. The van der Waals surface area contributed by atoms with Crippen molar-refractivity contribution < 1.29 is 8.42 Å². The van der Waals surface area contributed by atoms with Gasteiger partial charge in [-0.3, -0.25) is 4.79 Å². The van der Waals surface area contributed by atoms with E-state index in [0.29, 0.717) is 18.2 Å². The SMILES string of the molecule is Cc1[nH]c(=O)sc1S(=O)(=O)NCC1CCSC1. The van der Waals surface area contributed by atoms with Gasteiger partial charge < -0.3 is 4.98 Å². The van der Waals surface area contributed by atoms with E-state index < -0.39 is 10.0 Å². The van der Waals surface area contributed by atoms with Crippen molar-refractivity contribution >= 4 is 33.1 Å². The van der Waals surface area contributed by atoms with E-state index >= 15 is 0 Å². The monoisotopic (exact) mass is 294 g/mol. The number of hydrogen-bond donors (Lipinski definition) is 2. The van der Waals surface area contributed by atoms with Gasteiger partial charge in [0.2, 0.25) is 0 Å². The lowest BCUT2D eigenvalue weighted by atomic mass is 10.1. The topological polar surface area (TPSA) is 79.0 Å². The summed E-state index contributed by atoms with van der Waals surface area (Å²) in [5, 5.41) is 0. The van der Waals surface area contributed by atoms with Gasteiger partial charge in [0, 0.05) is 12.2 Å². The van der Waals surface area contributed by atoms with E-state index in [0.717, 1.165) is 29.3 Å². The summed E-state index contributed by atoms with van der Waals surface area (Å²) < 4.78 is 26.6. The maximum atomic E-state index is 12.0. The van der Waals surface area contributed by atoms with Gasteiger partial charge in [-0.05, 0) is 30.8 Å². The number of thiazole rings is 1. The Morgan fingerprint density at radius 2 is 2.29 bits per heavy atom. The molecule has 1 atom stereocenters. The number of aryl methyl sites for hydroxylation is 1. The smallest absolute Gasteiger partial charge is 0.305 e. The molecule has 8 heteroatoms. The second-order valence-corrected chi connectivity index (χ2v) is 8.10. The first-order valence-electron chi connectivity index (χ1n) is 5.26. The van der Waals surface area contributed by atoms with Gasteiger partial charge in [-0.15, -0.1) is 0 Å². The minimum Gasteiger partial charge on any atom is -0.315 e. The number of sulfonamides is 1. The summed E-state index contributed by atoms with van der Waals surface area (Å²) in [7, 11) is -3.53. The molecule has 2 N–H and O–H groups in total. The fraction of sp³-hybridized carbons (Fsp3) is 0.667. The second kappa shape index (κ2) is 5.13. The Morgan fingerprint density at radius 3 is 2.82 bits per heavy atom. The molecule has 2 heterocycles. The second-order valence-electron chi connectivity index (χ2n) is 4.01. The average Bonchev–Trinajstić information content (AvgIpc) is 2.85. The molecule has 0 aliphatic carbocycles. The molecule has 1 saturated heterocycles. The fourth-order valence-electron chi connectivity index (χ4n) is 1.68. The van der Waals surface area contributed by atoms with E-state index in [1.165, 1.54) is 0 Å². The zero-order valence-electron chi connectivity index (χ0n) is 9.36. The predicted molar refractivity (Wildman–Crippen MR) is 70.3 cm³/mol. The first-order chi connectivity index (χ1) is 7.99. The lowest BCUT2D eigenvalue weighted by Crippen LogP contribution is -2.29. The largest absolute Gasteiger partial charge is 0.315 e. The fourth-order valence-corrected chi connectivity index (χ4v) is 5.43. The van der Waals surface area contributed by atoms with Crippen LogP contribution in [0.5, 0.6) is 0 Å². The summed E-state index contributed by atoms with van der Waals surface area (Å²) in [6.45, 7) is 2.05. The Kier molecular flexibility index (Phi) is 3.96. The highest BCUT2D eigenvalue weighted by molar-refractivity contribution is 7.99. The summed E-state index contributed by atoms with van der Waals surface area (Å²) in [5.74, 6) is 2.51. The summed E-state index contributed by atoms with van der Waals surface area (Å²) in [5.41, 5.74) is 0.410. The lowest BCUT2D eigenvalue weighted by molar-refractivity contribution is 0.546. The van der Waals surface area contributed by atoms with Crippen LogP contribution in [-0.2, 0) is 10.0 Å². The summed E-state index contributed by atoms with van der Waals surface area (Å²) in [6.07, 6.45) is 1.05. The molecular weight excluding hydrogens is 280 g/mol. The van der Waals surface area contributed by atoms with E-state index in [-0.39, 0.29) is 9.08 Å². The number of thioether (sulfide) groups is 1. The molecule has 17 heavy (non-hydrogen) atoms. The Bertz CT molecular complexity index is 540. The molecule has 1 aliphatic rings. The average molecular weight is 294 g/mol. The van der Waals surface area contributed by atoms with Crippen LogP contribution in [-0.4, -0.2) is 31.5 Å².